The van der Waals surface area contributed by atoms with Crippen molar-refractivity contribution in [2.75, 3.05) is 11.1 Å². The molecule has 6 nitrogen and oxygen atoms in total. The SMILES string of the molecule is Nc1cccc(C(=O)Nc2cc(F)ccc2Br)c1[N+](=O)[O-]. The fourth-order valence-corrected chi connectivity index (χ4v) is 2.08. The predicted molar refractivity (Wildman–Crippen MR) is 79.6 cm³/mol. The first-order valence-corrected chi connectivity index (χ1v) is 6.48. The molecule has 0 heterocycles. The van der Waals surface area contributed by atoms with Crippen molar-refractivity contribution in [3.05, 3.63) is 62.4 Å². The fraction of sp³-hybridized carbons (Fsp3) is 0. The van der Waals surface area contributed by atoms with Gasteiger partial charge in [-0.25, -0.2) is 4.39 Å². The Balaban J connectivity index is 2.40. The lowest BCUT2D eigenvalue weighted by Crippen LogP contribution is -2.15. The summed E-state index contributed by atoms with van der Waals surface area (Å²) in [6.45, 7) is 0. The summed E-state index contributed by atoms with van der Waals surface area (Å²) in [4.78, 5) is 22.4. The molecule has 0 bridgehead atoms. The lowest BCUT2D eigenvalue weighted by molar-refractivity contribution is -0.384. The third-order valence-corrected chi connectivity index (χ3v) is 3.36. The number of carbonyl (C=O) groups is 1. The number of anilines is 2. The van der Waals surface area contributed by atoms with E-state index in [2.05, 4.69) is 21.2 Å². The van der Waals surface area contributed by atoms with Crippen LogP contribution in [-0.4, -0.2) is 10.8 Å². The fourth-order valence-electron chi connectivity index (χ4n) is 1.73. The van der Waals surface area contributed by atoms with Crippen molar-refractivity contribution in [3.8, 4) is 0 Å². The number of nitro benzene ring substituents is 1. The maximum atomic E-state index is 13.2. The Hall–Kier alpha value is -2.48. The number of nitro groups is 1. The first kappa shape index (κ1) is 14.9. The zero-order chi connectivity index (χ0) is 15.6. The Morgan fingerprint density at radius 2 is 2.05 bits per heavy atom. The summed E-state index contributed by atoms with van der Waals surface area (Å²) in [5.74, 6) is -1.30. The monoisotopic (exact) mass is 353 g/mol. The molecule has 2 aromatic rings. The lowest BCUT2D eigenvalue weighted by Gasteiger charge is -2.08. The van der Waals surface area contributed by atoms with Crippen LogP contribution in [-0.2, 0) is 0 Å². The summed E-state index contributed by atoms with van der Waals surface area (Å²) in [5, 5.41) is 13.4. The molecule has 21 heavy (non-hydrogen) atoms. The van der Waals surface area contributed by atoms with Crippen LogP contribution in [0.25, 0.3) is 0 Å². The smallest absolute Gasteiger partial charge is 0.304 e. The van der Waals surface area contributed by atoms with E-state index in [1.807, 2.05) is 0 Å². The van der Waals surface area contributed by atoms with Crippen LogP contribution in [0.3, 0.4) is 0 Å². The molecule has 3 N–H and O–H groups in total. The van der Waals surface area contributed by atoms with Crippen molar-refractivity contribution in [3.63, 3.8) is 0 Å². The minimum atomic E-state index is -0.750. The number of halogens is 2. The van der Waals surface area contributed by atoms with Crippen LogP contribution in [0.4, 0.5) is 21.5 Å². The number of carbonyl (C=O) groups excluding carboxylic acids is 1. The number of benzene rings is 2. The number of para-hydroxylation sites is 1. The summed E-state index contributed by atoms with van der Waals surface area (Å²) in [7, 11) is 0. The number of nitrogens with zero attached hydrogens (tertiary/aromatic N) is 1. The molecular weight excluding hydrogens is 345 g/mol. The molecule has 0 radical (unpaired) electrons. The van der Waals surface area contributed by atoms with E-state index in [1.54, 1.807) is 0 Å². The van der Waals surface area contributed by atoms with Crippen molar-refractivity contribution in [2.24, 2.45) is 0 Å². The number of nitrogens with two attached hydrogens (primary N) is 1. The van der Waals surface area contributed by atoms with E-state index in [-0.39, 0.29) is 16.9 Å². The number of hydrogen-bond acceptors (Lipinski definition) is 4. The molecule has 0 aliphatic rings. The second kappa shape index (κ2) is 5.88. The second-order valence-corrected chi connectivity index (χ2v) is 4.93. The molecule has 0 aromatic heterocycles. The first-order valence-electron chi connectivity index (χ1n) is 5.69. The van der Waals surface area contributed by atoms with Crippen LogP contribution in [0.1, 0.15) is 10.4 Å². The Kier molecular flexibility index (Phi) is 4.18. The van der Waals surface area contributed by atoms with Crippen LogP contribution in [0.15, 0.2) is 40.9 Å². The standard InChI is InChI=1S/C13H9BrFN3O3/c14-9-5-4-7(15)6-11(9)17-13(19)8-2-1-3-10(16)12(8)18(20)21/h1-6H,16H2,(H,17,19). The van der Waals surface area contributed by atoms with Gasteiger partial charge in [0.15, 0.2) is 0 Å². The van der Waals surface area contributed by atoms with Gasteiger partial charge < -0.3 is 11.1 Å². The maximum Gasteiger partial charge on any atom is 0.304 e. The molecule has 0 aliphatic carbocycles. The van der Waals surface area contributed by atoms with Gasteiger partial charge in [-0.15, -0.1) is 0 Å². The van der Waals surface area contributed by atoms with Gasteiger partial charge in [-0.2, -0.15) is 0 Å². The van der Waals surface area contributed by atoms with Crippen LogP contribution in [0.2, 0.25) is 0 Å². The molecule has 0 spiro atoms. The van der Waals surface area contributed by atoms with Crippen LogP contribution in [0, 0.1) is 15.9 Å². The van der Waals surface area contributed by atoms with Gasteiger partial charge in [0.05, 0.1) is 10.6 Å². The highest BCUT2D eigenvalue weighted by atomic mass is 79.9. The third-order valence-electron chi connectivity index (χ3n) is 2.67. The van der Waals surface area contributed by atoms with Gasteiger partial charge in [0.1, 0.15) is 17.1 Å². The highest BCUT2D eigenvalue weighted by Gasteiger charge is 2.23. The van der Waals surface area contributed by atoms with Gasteiger partial charge in [-0.05, 0) is 46.3 Å². The Bertz CT molecular complexity index is 737. The van der Waals surface area contributed by atoms with Gasteiger partial charge >= 0.3 is 5.69 Å². The average Bonchev–Trinajstić information content (AvgIpc) is 2.42. The number of nitrogens with one attached hydrogen (secondary N) is 1. The number of rotatable bonds is 3. The minimum Gasteiger partial charge on any atom is -0.393 e. The molecule has 0 saturated heterocycles. The quantitative estimate of drug-likeness (QED) is 0.502. The molecule has 108 valence electrons. The largest absolute Gasteiger partial charge is 0.393 e. The van der Waals surface area contributed by atoms with E-state index in [9.17, 15) is 19.3 Å². The van der Waals surface area contributed by atoms with Crippen LogP contribution >= 0.6 is 15.9 Å². The van der Waals surface area contributed by atoms with Crippen molar-refractivity contribution in [2.45, 2.75) is 0 Å². The highest BCUT2D eigenvalue weighted by Crippen LogP contribution is 2.28. The van der Waals surface area contributed by atoms with E-state index < -0.39 is 22.3 Å². The van der Waals surface area contributed by atoms with Gasteiger partial charge in [0.25, 0.3) is 5.91 Å². The molecule has 8 heteroatoms. The number of hydrogen-bond donors (Lipinski definition) is 2. The van der Waals surface area contributed by atoms with E-state index in [4.69, 9.17) is 5.73 Å². The second-order valence-electron chi connectivity index (χ2n) is 4.08. The molecule has 0 fully saturated rings. The van der Waals surface area contributed by atoms with Crippen molar-refractivity contribution in [1.82, 2.24) is 0 Å². The van der Waals surface area contributed by atoms with Gasteiger partial charge in [-0.3, -0.25) is 14.9 Å². The summed E-state index contributed by atoms with van der Waals surface area (Å²) in [5.41, 5.74) is 4.88. The Morgan fingerprint density at radius 1 is 1.33 bits per heavy atom. The Morgan fingerprint density at radius 3 is 2.71 bits per heavy atom. The van der Waals surface area contributed by atoms with Gasteiger partial charge in [-0.1, -0.05) is 6.07 Å². The number of amides is 1. The average molecular weight is 354 g/mol. The molecular formula is C13H9BrFN3O3. The lowest BCUT2D eigenvalue weighted by atomic mass is 10.1. The van der Waals surface area contributed by atoms with E-state index in [1.165, 1.54) is 30.3 Å². The highest BCUT2D eigenvalue weighted by molar-refractivity contribution is 9.10. The van der Waals surface area contributed by atoms with E-state index >= 15 is 0 Å². The third kappa shape index (κ3) is 3.16. The van der Waals surface area contributed by atoms with Gasteiger partial charge in [0.2, 0.25) is 0 Å². The molecule has 0 saturated carbocycles. The molecule has 0 aliphatic heterocycles. The molecule has 2 rings (SSSR count). The first-order chi connectivity index (χ1) is 9.90. The van der Waals surface area contributed by atoms with E-state index in [0.717, 1.165) is 6.07 Å². The molecule has 0 atom stereocenters. The molecule has 0 unspecified atom stereocenters. The summed E-state index contributed by atoms with van der Waals surface area (Å²) in [6, 6.07) is 7.75. The van der Waals surface area contributed by atoms with E-state index in [0.29, 0.717) is 4.47 Å². The zero-order valence-electron chi connectivity index (χ0n) is 10.5. The topological polar surface area (TPSA) is 98.3 Å². The summed E-state index contributed by atoms with van der Waals surface area (Å²) in [6.07, 6.45) is 0. The number of nitrogen functional groups attached to an aromatic ring is 1. The molecule has 2 aromatic carbocycles. The maximum absolute atomic E-state index is 13.2. The van der Waals surface area contributed by atoms with Crippen molar-refractivity contribution in [1.29, 1.82) is 0 Å². The Labute approximate surface area is 127 Å². The van der Waals surface area contributed by atoms with Crippen LogP contribution < -0.4 is 11.1 Å². The van der Waals surface area contributed by atoms with Crippen LogP contribution in [0.5, 0.6) is 0 Å². The van der Waals surface area contributed by atoms with Crippen molar-refractivity contribution < 1.29 is 14.1 Å². The molecule has 1 amide bonds. The zero-order valence-corrected chi connectivity index (χ0v) is 12.1. The van der Waals surface area contributed by atoms with Gasteiger partial charge in [0, 0.05) is 4.47 Å². The predicted octanol–water partition coefficient (Wildman–Crippen LogP) is 3.33. The summed E-state index contributed by atoms with van der Waals surface area (Å²) < 4.78 is 13.6. The summed E-state index contributed by atoms with van der Waals surface area (Å²) >= 11 is 3.15. The normalized spacial score (nSPS) is 10.2. The minimum absolute atomic E-state index is 0.119. The van der Waals surface area contributed by atoms with Crippen molar-refractivity contribution >= 4 is 38.9 Å².